The van der Waals surface area contributed by atoms with Crippen molar-refractivity contribution in [3.63, 3.8) is 0 Å². The number of hydrogen-bond acceptors (Lipinski definition) is 1. The molecular weight excluding hydrogens is 438 g/mol. The third-order valence-electron chi connectivity index (χ3n) is 3.55. The number of amides is 1. The van der Waals surface area contributed by atoms with Crippen molar-refractivity contribution < 1.29 is 4.79 Å². The van der Waals surface area contributed by atoms with Gasteiger partial charge in [-0.25, -0.2) is 0 Å². The molecule has 0 radical (unpaired) electrons. The van der Waals surface area contributed by atoms with E-state index in [0.29, 0.717) is 17.5 Å². The van der Waals surface area contributed by atoms with Gasteiger partial charge in [0, 0.05) is 25.9 Å². The quantitative estimate of drug-likeness (QED) is 0.648. The van der Waals surface area contributed by atoms with Gasteiger partial charge in [-0.15, -0.1) is 0 Å². The van der Waals surface area contributed by atoms with E-state index < -0.39 is 0 Å². The lowest BCUT2D eigenvalue weighted by Gasteiger charge is -2.31. The predicted octanol–water partition coefficient (Wildman–Crippen LogP) is 4.90. The Morgan fingerprint density at radius 1 is 1.16 bits per heavy atom. The van der Waals surface area contributed by atoms with E-state index in [1.165, 1.54) is 19.3 Å². The van der Waals surface area contributed by atoms with Gasteiger partial charge >= 0.3 is 0 Å². The van der Waals surface area contributed by atoms with Crippen molar-refractivity contribution in [3.8, 4) is 0 Å². The summed E-state index contributed by atoms with van der Waals surface area (Å²) in [6, 6.07) is 5.93. The summed E-state index contributed by atoms with van der Waals surface area (Å²) < 4.78 is 1.82. The molecule has 1 aliphatic rings. The van der Waals surface area contributed by atoms with Gasteiger partial charge in [0.05, 0.1) is 0 Å². The van der Waals surface area contributed by atoms with Gasteiger partial charge in [0.25, 0.3) is 5.91 Å². The fourth-order valence-corrected chi connectivity index (χ4v) is 4.59. The van der Waals surface area contributed by atoms with Crippen LogP contribution < -0.4 is 5.32 Å². The highest BCUT2D eigenvalue weighted by Crippen LogP contribution is 2.26. The van der Waals surface area contributed by atoms with Crippen LogP contribution in [0.15, 0.2) is 27.1 Å². The molecule has 2 unspecified atom stereocenters. The van der Waals surface area contributed by atoms with Crippen molar-refractivity contribution in [1.82, 2.24) is 5.32 Å². The van der Waals surface area contributed by atoms with Gasteiger partial charge < -0.3 is 5.32 Å². The first-order valence-electron chi connectivity index (χ1n) is 6.43. The molecule has 1 aromatic carbocycles. The van der Waals surface area contributed by atoms with E-state index in [4.69, 9.17) is 0 Å². The van der Waals surface area contributed by atoms with Crippen LogP contribution in [0.3, 0.4) is 0 Å². The molecule has 104 valence electrons. The molecule has 0 aromatic heterocycles. The molecule has 1 N–H and O–H groups in total. The smallest absolute Gasteiger partial charge is 0.251 e. The van der Waals surface area contributed by atoms with Crippen LogP contribution in [-0.2, 0) is 0 Å². The largest absolute Gasteiger partial charge is 0.349 e. The minimum atomic E-state index is 0.0138. The maximum atomic E-state index is 12.3. The highest BCUT2D eigenvalue weighted by Gasteiger charge is 2.25. The van der Waals surface area contributed by atoms with Crippen LogP contribution >= 0.6 is 47.8 Å². The normalized spacial score (nSPS) is 23.1. The fourth-order valence-electron chi connectivity index (χ4n) is 2.52. The van der Waals surface area contributed by atoms with Gasteiger partial charge in [-0.1, -0.05) is 60.6 Å². The summed E-state index contributed by atoms with van der Waals surface area (Å²) in [5.74, 6) is 0.563. The van der Waals surface area contributed by atoms with Crippen LogP contribution in [0.25, 0.3) is 0 Å². The van der Waals surface area contributed by atoms with E-state index in [1.807, 2.05) is 18.2 Å². The molecule has 0 saturated heterocycles. The Hall–Kier alpha value is 0.130. The molecule has 1 saturated carbocycles. The van der Waals surface area contributed by atoms with Gasteiger partial charge in [-0.2, -0.15) is 0 Å². The third-order valence-corrected chi connectivity index (χ3v) is 5.30. The van der Waals surface area contributed by atoms with Gasteiger partial charge in [0.1, 0.15) is 0 Å². The average molecular weight is 454 g/mol. The van der Waals surface area contributed by atoms with E-state index >= 15 is 0 Å². The standard InChI is InChI=1S/C14H16Br3NO/c15-8-9-3-1-2-4-13(9)18-14(19)10-5-11(16)7-12(17)6-10/h5-7,9,13H,1-4,8H2,(H,18,19). The highest BCUT2D eigenvalue weighted by molar-refractivity contribution is 9.11. The maximum absolute atomic E-state index is 12.3. The zero-order valence-electron chi connectivity index (χ0n) is 10.5. The molecule has 0 bridgehead atoms. The number of alkyl halides is 1. The maximum Gasteiger partial charge on any atom is 0.251 e. The monoisotopic (exact) mass is 451 g/mol. The molecular formula is C14H16Br3NO. The topological polar surface area (TPSA) is 29.1 Å². The third kappa shape index (κ3) is 4.30. The summed E-state index contributed by atoms with van der Waals surface area (Å²) in [7, 11) is 0. The number of carbonyl (C=O) groups is 1. The molecule has 2 nitrogen and oxygen atoms in total. The van der Waals surface area contributed by atoms with Crippen LogP contribution in [0.4, 0.5) is 0 Å². The van der Waals surface area contributed by atoms with Gasteiger partial charge in [-0.3, -0.25) is 4.79 Å². The molecule has 1 aromatic rings. The number of halogens is 3. The first kappa shape index (κ1) is 15.5. The number of benzene rings is 1. The summed E-state index contributed by atoms with van der Waals surface area (Å²) in [6.45, 7) is 0. The van der Waals surface area contributed by atoms with Crippen LogP contribution in [0.5, 0.6) is 0 Å². The number of rotatable bonds is 3. The van der Waals surface area contributed by atoms with Crippen LogP contribution in [-0.4, -0.2) is 17.3 Å². The lowest BCUT2D eigenvalue weighted by Crippen LogP contribution is -2.42. The van der Waals surface area contributed by atoms with Crippen molar-refractivity contribution in [2.24, 2.45) is 5.92 Å². The Morgan fingerprint density at radius 3 is 2.42 bits per heavy atom. The van der Waals surface area contributed by atoms with Gasteiger partial charge in [-0.05, 0) is 37.0 Å². The van der Waals surface area contributed by atoms with E-state index in [-0.39, 0.29) is 5.91 Å². The summed E-state index contributed by atoms with van der Waals surface area (Å²) in [6.07, 6.45) is 4.75. The first-order valence-corrected chi connectivity index (χ1v) is 9.14. The Bertz CT molecular complexity index is 444. The van der Waals surface area contributed by atoms with E-state index in [9.17, 15) is 4.79 Å². The Balaban J connectivity index is 2.07. The second-order valence-corrected chi connectivity index (χ2v) is 7.42. The van der Waals surface area contributed by atoms with Crippen LogP contribution in [0.1, 0.15) is 36.0 Å². The first-order chi connectivity index (χ1) is 9.10. The lowest BCUT2D eigenvalue weighted by atomic mass is 9.86. The molecule has 19 heavy (non-hydrogen) atoms. The zero-order valence-corrected chi connectivity index (χ0v) is 15.2. The average Bonchev–Trinajstić information content (AvgIpc) is 2.38. The van der Waals surface area contributed by atoms with Gasteiger partial charge in [0.15, 0.2) is 0 Å². The second-order valence-electron chi connectivity index (χ2n) is 4.94. The van der Waals surface area contributed by atoms with Gasteiger partial charge in [0.2, 0.25) is 0 Å². The fraction of sp³-hybridized carbons (Fsp3) is 0.500. The summed E-state index contributed by atoms with van der Waals surface area (Å²) >= 11 is 10.4. The highest BCUT2D eigenvalue weighted by atomic mass is 79.9. The van der Waals surface area contributed by atoms with Crippen molar-refractivity contribution in [1.29, 1.82) is 0 Å². The number of carbonyl (C=O) groups excluding carboxylic acids is 1. The minimum Gasteiger partial charge on any atom is -0.349 e. The summed E-state index contributed by atoms with van der Waals surface area (Å²) in [5.41, 5.74) is 0.695. The van der Waals surface area contributed by atoms with E-state index in [0.717, 1.165) is 20.7 Å². The zero-order chi connectivity index (χ0) is 13.8. The Labute approximate surface area is 139 Å². The van der Waals surface area contributed by atoms with E-state index in [1.54, 1.807) is 0 Å². The molecule has 2 atom stereocenters. The molecule has 2 rings (SSSR count). The molecule has 1 amide bonds. The van der Waals surface area contributed by atoms with Crippen LogP contribution in [0, 0.1) is 5.92 Å². The lowest BCUT2D eigenvalue weighted by molar-refractivity contribution is 0.0911. The number of nitrogens with one attached hydrogen (secondary N) is 1. The van der Waals surface area contributed by atoms with Crippen molar-refractivity contribution in [2.75, 3.05) is 5.33 Å². The van der Waals surface area contributed by atoms with Crippen molar-refractivity contribution in [2.45, 2.75) is 31.7 Å². The molecule has 5 heteroatoms. The second kappa shape index (κ2) is 7.23. The number of hydrogen-bond donors (Lipinski definition) is 1. The molecule has 1 fully saturated rings. The predicted molar refractivity (Wildman–Crippen MR) is 88.8 cm³/mol. The SMILES string of the molecule is O=C(NC1CCCCC1CBr)c1cc(Br)cc(Br)c1. The minimum absolute atomic E-state index is 0.0138. The molecule has 1 aliphatic carbocycles. The Kier molecular flexibility index (Phi) is 5.90. The van der Waals surface area contributed by atoms with Crippen molar-refractivity contribution >= 4 is 53.7 Å². The van der Waals surface area contributed by atoms with Crippen molar-refractivity contribution in [3.05, 3.63) is 32.7 Å². The summed E-state index contributed by atoms with van der Waals surface area (Å²) in [4.78, 5) is 12.3. The van der Waals surface area contributed by atoms with Crippen LogP contribution in [0.2, 0.25) is 0 Å². The summed E-state index contributed by atoms with van der Waals surface area (Å²) in [5, 5.41) is 4.14. The molecule has 0 heterocycles. The van der Waals surface area contributed by atoms with E-state index in [2.05, 4.69) is 53.1 Å². The molecule has 0 aliphatic heterocycles. The Morgan fingerprint density at radius 2 is 1.79 bits per heavy atom. The molecule has 0 spiro atoms.